The van der Waals surface area contributed by atoms with Gasteiger partial charge < -0.3 is 15.2 Å². The lowest BCUT2D eigenvalue weighted by molar-refractivity contribution is -0.0992. The smallest absolute Gasteiger partial charge is 0.0991 e. The van der Waals surface area contributed by atoms with E-state index in [1.807, 2.05) is 12.1 Å². The first-order valence-corrected chi connectivity index (χ1v) is 14.8. The number of rotatable bonds is 22. The average molecular weight is 496 g/mol. The van der Waals surface area contributed by atoms with Crippen LogP contribution in [0.1, 0.15) is 115 Å². The van der Waals surface area contributed by atoms with Gasteiger partial charge in [0.2, 0.25) is 0 Å². The van der Waals surface area contributed by atoms with Crippen molar-refractivity contribution in [2.45, 2.75) is 135 Å². The molecule has 0 radical (unpaired) electrons. The largest absolute Gasteiger partial charge is 0.371 e. The summed E-state index contributed by atoms with van der Waals surface area (Å²) in [5.41, 5.74) is 8.96. The fourth-order valence-electron chi connectivity index (χ4n) is 4.81. The van der Waals surface area contributed by atoms with Crippen molar-refractivity contribution in [3.63, 3.8) is 0 Å². The fraction of sp³-hybridized carbons (Fsp3) is 0.636. The van der Waals surface area contributed by atoms with Crippen LogP contribution in [0.5, 0.6) is 0 Å². The molecule has 0 spiro atoms. The van der Waals surface area contributed by atoms with Crippen molar-refractivity contribution in [2.24, 2.45) is 5.73 Å². The molecule has 3 nitrogen and oxygen atoms in total. The summed E-state index contributed by atoms with van der Waals surface area (Å²) < 4.78 is 12.9. The molecule has 0 aliphatic heterocycles. The molecule has 3 atom stereocenters. The van der Waals surface area contributed by atoms with Crippen LogP contribution >= 0.6 is 0 Å². The maximum Gasteiger partial charge on any atom is 0.0991 e. The van der Waals surface area contributed by atoms with E-state index in [-0.39, 0.29) is 18.2 Å². The van der Waals surface area contributed by atoms with Gasteiger partial charge in [0.05, 0.1) is 25.4 Å². The minimum absolute atomic E-state index is 0.00647. The molecule has 3 heteroatoms. The SMILES string of the molecule is CCCCCCCCCCCCCCC(OCc1ccccc1)C(OCc1ccccc1)C(N)CC. The number of nitrogens with two attached hydrogens (primary N) is 1. The Kier molecular flexibility index (Phi) is 17.3. The molecule has 3 unspecified atom stereocenters. The first-order valence-electron chi connectivity index (χ1n) is 14.8. The highest BCUT2D eigenvalue weighted by Gasteiger charge is 2.28. The molecule has 2 rings (SSSR count). The second kappa shape index (κ2) is 20.4. The lowest BCUT2D eigenvalue weighted by Gasteiger charge is -2.32. The molecule has 0 fully saturated rings. The summed E-state index contributed by atoms with van der Waals surface area (Å²) in [6.45, 7) is 5.60. The van der Waals surface area contributed by atoms with Crippen LogP contribution in [-0.2, 0) is 22.7 Å². The number of hydrogen-bond donors (Lipinski definition) is 1. The molecular weight excluding hydrogens is 442 g/mol. The zero-order valence-corrected chi connectivity index (χ0v) is 23.2. The summed E-state index contributed by atoms with van der Waals surface area (Å²) in [5, 5.41) is 0. The van der Waals surface area contributed by atoms with E-state index in [0.717, 1.165) is 19.3 Å². The highest BCUT2D eigenvalue weighted by Crippen LogP contribution is 2.21. The number of unbranched alkanes of at least 4 members (excludes halogenated alkanes) is 11. The molecule has 2 aromatic carbocycles. The molecule has 0 amide bonds. The predicted octanol–water partition coefficient (Wildman–Crippen LogP) is 8.99. The molecule has 0 heterocycles. The third-order valence-corrected chi connectivity index (χ3v) is 7.19. The Labute approximate surface area is 222 Å². The Bertz CT molecular complexity index is 736. The quantitative estimate of drug-likeness (QED) is 0.166. The summed E-state index contributed by atoms with van der Waals surface area (Å²) in [4.78, 5) is 0. The van der Waals surface area contributed by atoms with Crippen molar-refractivity contribution in [3.8, 4) is 0 Å². The van der Waals surface area contributed by atoms with Gasteiger partial charge in [-0.3, -0.25) is 0 Å². The van der Waals surface area contributed by atoms with Crippen LogP contribution in [0.4, 0.5) is 0 Å². The van der Waals surface area contributed by atoms with E-state index in [9.17, 15) is 0 Å². The Morgan fingerprint density at radius 2 is 1.03 bits per heavy atom. The molecule has 0 saturated carbocycles. The minimum atomic E-state index is -0.105. The zero-order chi connectivity index (χ0) is 25.7. The van der Waals surface area contributed by atoms with Crippen LogP contribution in [0.3, 0.4) is 0 Å². The summed E-state index contributed by atoms with van der Waals surface area (Å²) in [5.74, 6) is 0. The molecule has 36 heavy (non-hydrogen) atoms. The van der Waals surface area contributed by atoms with Gasteiger partial charge >= 0.3 is 0 Å². The molecule has 0 saturated heterocycles. The van der Waals surface area contributed by atoms with E-state index in [0.29, 0.717) is 13.2 Å². The topological polar surface area (TPSA) is 44.5 Å². The normalized spacial score (nSPS) is 14.0. The second-order valence-corrected chi connectivity index (χ2v) is 10.3. The highest BCUT2D eigenvalue weighted by atomic mass is 16.5. The van der Waals surface area contributed by atoms with Crippen molar-refractivity contribution in [2.75, 3.05) is 0 Å². The van der Waals surface area contributed by atoms with Crippen molar-refractivity contribution < 1.29 is 9.47 Å². The van der Waals surface area contributed by atoms with Gasteiger partial charge in [-0.15, -0.1) is 0 Å². The maximum atomic E-state index is 6.58. The van der Waals surface area contributed by atoms with E-state index in [2.05, 4.69) is 62.4 Å². The fourth-order valence-corrected chi connectivity index (χ4v) is 4.81. The number of hydrogen-bond acceptors (Lipinski definition) is 3. The van der Waals surface area contributed by atoms with Gasteiger partial charge in [0.25, 0.3) is 0 Å². The minimum Gasteiger partial charge on any atom is -0.371 e. The molecule has 0 aliphatic carbocycles. The van der Waals surface area contributed by atoms with E-state index in [1.165, 1.54) is 81.8 Å². The summed E-state index contributed by atoms with van der Waals surface area (Å²) in [7, 11) is 0. The summed E-state index contributed by atoms with van der Waals surface area (Å²) in [6.07, 6.45) is 18.1. The monoisotopic (exact) mass is 495 g/mol. The molecule has 202 valence electrons. The van der Waals surface area contributed by atoms with Crippen LogP contribution in [0.25, 0.3) is 0 Å². The molecule has 0 aliphatic rings. The third kappa shape index (κ3) is 13.6. The second-order valence-electron chi connectivity index (χ2n) is 10.3. The summed E-state index contributed by atoms with van der Waals surface area (Å²) >= 11 is 0. The Morgan fingerprint density at radius 1 is 0.583 bits per heavy atom. The van der Waals surface area contributed by atoms with Crippen molar-refractivity contribution in [1.29, 1.82) is 0 Å². The lowest BCUT2D eigenvalue weighted by atomic mass is 9.97. The molecule has 0 bridgehead atoms. The summed E-state index contributed by atoms with van der Waals surface area (Å²) in [6, 6.07) is 20.8. The van der Waals surface area contributed by atoms with E-state index < -0.39 is 0 Å². The van der Waals surface area contributed by atoms with Crippen LogP contribution in [0.2, 0.25) is 0 Å². The maximum absolute atomic E-state index is 6.58. The first-order chi connectivity index (χ1) is 17.7. The van der Waals surface area contributed by atoms with Gasteiger partial charge in [0, 0.05) is 6.04 Å². The van der Waals surface area contributed by atoms with E-state index in [1.54, 1.807) is 0 Å². The number of ether oxygens (including phenoxy) is 2. The van der Waals surface area contributed by atoms with Crippen LogP contribution in [0.15, 0.2) is 60.7 Å². The van der Waals surface area contributed by atoms with Gasteiger partial charge in [-0.2, -0.15) is 0 Å². The van der Waals surface area contributed by atoms with Crippen molar-refractivity contribution in [1.82, 2.24) is 0 Å². The predicted molar refractivity (Wildman–Crippen MR) is 154 cm³/mol. The standard InChI is InChI=1S/C33H53NO2/c1-3-5-6-7-8-9-10-11-12-13-14-21-26-32(35-27-29-22-17-15-18-23-29)33(31(34)4-2)36-28-30-24-19-16-20-25-30/h15-20,22-25,31-33H,3-14,21,26-28,34H2,1-2H3. The van der Waals surface area contributed by atoms with Gasteiger partial charge in [-0.25, -0.2) is 0 Å². The number of benzene rings is 2. The van der Waals surface area contributed by atoms with Crippen LogP contribution in [0, 0.1) is 0 Å². The molecule has 2 aromatic rings. The van der Waals surface area contributed by atoms with Crippen molar-refractivity contribution in [3.05, 3.63) is 71.8 Å². The van der Waals surface area contributed by atoms with Gasteiger partial charge in [-0.1, -0.05) is 152 Å². The highest BCUT2D eigenvalue weighted by molar-refractivity contribution is 5.14. The average Bonchev–Trinajstić information content (AvgIpc) is 2.92. The Balaban J connectivity index is 1.79. The third-order valence-electron chi connectivity index (χ3n) is 7.19. The Morgan fingerprint density at radius 3 is 1.50 bits per heavy atom. The van der Waals surface area contributed by atoms with Gasteiger partial charge in [0.15, 0.2) is 0 Å². The van der Waals surface area contributed by atoms with Crippen molar-refractivity contribution >= 4 is 0 Å². The first kappa shape index (κ1) is 30.5. The van der Waals surface area contributed by atoms with E-state index >= 15 is 0 Å². The molecule has 2 N–H and O–H groups in total. The Hall–Kier alpha value is -1.68. The zero-order valence-electron chi connectivity index (χ0n) is 23.2. The van der Waals surface area contributed by atoms with Gasteiger partial charge in [-0.05, 0) is 24.0 Å². The lowest BCUT2D eigenvalue weighted by Crippen LogP contribution is -2.45. The molecular formula is C33H53NO2. The van der Waals surface area contributed by atoms with E-state index in [4.69, 9.17) is 15.2 Å². The van der Waals surface area contributed by atoms with Gasteiger partial charge in [0.1, 0.15) is 0 Å². The van der Waals surface area contributed by atoms with Crippen LogP contribution < -0.4 is 5.73 Å². The molecule has 0 aromatic heterocycles. The van der Waals surface area contributed by atoms with Crippen LogP contribution in [-0.4, -0.2) is 18.2 Å².